The number of hydrogen-bond acceptors (Lipinski definition) is 12. The summed E-state index contributed by atoms with van der Waals surface area (Å²) in [4.78, 5) is 56.2. The van der Waals surface area contributed by atoms with Crippen molar-refractivity contribution in [2.24, 2.45) is 0 Å². The summed E-state index contributed by atoms with van der Waals surface area (Å²) in [5.41, 5.74) is 0. The molecule has 0 aliphatic carbocycles. The Labute approximate surface area is 220 Å². The molecular formula is C25H44N2O10. The standard InChI is InChI=1S/C16H28N2O4.C6H10O4.C3H6O2/c1-5-17(6-2)11-9-15(19)21-13-14-22-16(20)10-12-18(7-3)8-4;1-5(7)9-3-4-10-6(2)8;1-2-5-3-4/h9-12H,5-8,13-14H2,1-4H3;3-4H2,1-2H3;3H,2H2,1H3/b11-9+,12-10+;;. The first-order chi connectivity index (χ1) is 17.6. The molecule has 37 heavy (non-hydrogen) atoms. The Morgan fingerprint density at radius 1 is 0.595 bits per heavy atom. The molecule has 0 rings (SSSR count). The van der Waals surface area contributed by atoms with Crippen molar-refractivity contribution < 1.29 is 47.7 Å². The van der Waals surface area contributed by atoms with Crippen LogP contribution >= 0.6 is 0 Å². The highest BCUT2D eigenvalue weighted by molar-refractivity contribution is 5.82. The number of carbonyl (C=O) groups excluding carboxylic acids is 5. The van der Waals surface area contributed by atoms with E-state index in [1.165, 1.54) is 26.0 Å². The molecule has 214 valence electrons. The fourth-order valence-corrected chi connectivity index (χ4v) is 2.02. The van der Waals surface area contributed by atoms with Crippen molar-refractivity contribution in [2.75, 3.05) is 59.2 Å². The van der Waals surface area contributed by atoms with E-state index in [1.54, 1.807) is 19.3 Å². The van der Waals surface area contributed by atoms with Gasteiger partial charge in [-0.25, -0.2) is 9.59 Å². The van der Waals surface area contributed by atoms with Crippen molar-refractivity contribution in [1.29, 1.82) is 0 Å². The van der Waals surface area contributed by atoms with Gasteiger partial charge >= 0.3 is 23.9 Å². The Bertz CT molecular complexity index is 620. The molecule has 0 aromatic carbocycles. The molecule has 0 spiro atoms. The molecule has 0 fully saturated rings. The van der Waals surface area contributed by atoms with E-state index < -0.39 is 11.9 Å². The van der Waals surface area contributed by atoms with Crippen LogP contribution in [0.2, 0.25) is 0 Å². The summed E-state index contributed by atoms with van der Waals surface area (Å²) in [6, 6.07) is 0. The molecule has 0 aromatic heterocycles. The second kappa shape index (κ2) is 28.7. The monoisotopic (exact) mass is 532 g/mol. The SMILES string of the molecule is CC(=O)OCCOC(C)=O.CCN(/C=C/C(=O)OCCOC(=O)/C=C/N(CC)CC)CC.CCOC=O. The van der Waals surface area contributed by atoms with Crippen LogP contribution in [0.3, 0.4) is 0 Å². The number of hydrogen-bond donors (Lipinski definition) is 0. The Morgan fingerprint density at radius 2 is 0.919 bits per heavy atom. The topological polar surface area (TPSA) is 138 Å². The van der Waals surface area contributed by atoms with Crippen LogP contribution in [0.15, 0.2) is 24.6 Å². The number of esters is 4. The van der Waals surface area contributed by atoms with Crippen molar-refractivity contribution in [3.8, 4) is 0 Å². The van der Waals surface area contributed by atoms with Gasteiger partial charge in [-0.05, 0) is 34.6 Å². The molecule has 0 atom stereocenters. The molecule has 0 N–H and O–H groups in total. The zero-order valence-electron chi connectivity index (χ0n) is 23.2. The molecular weight excluding hydrogens is 488 g/mol. The van der Waals surface area contributed by atoms with E-state index >= 15 is 0 Å². The lowest BCUT2D eigenvalue weighted by molar-refractivity contribution is -0.149. The Morgan fingerprint density at radius 3 is 1.14 bits per heavy atom. The predicted octanol–water partition coefficient (Wildman–Crippen LogP) is 2.08. The average molecular weight is 533 g/mol. The first-order valence-electron chi connectivity index (χ1n) is 12.1. The highest BCUT2D eigenvalue weighted by atomic mass is 16.6. The second-order valence-electron chi connectivity index (χ2n) is 6.64. The van der Waals surface area contributed by atoms with Gasteiger partial charge in [0.1, 0.15) is 26.4 Å². The third kappa shape index (κ3) is 32.4. The van der Waals surface area contributed by atoms with Gasteiger partial charge in [-0.2, -0.15) is 0 Å². The van der Waals surface area contributed by atoms with Gasteiger partial charge in [-0.3, -0.25) is 14.4 Å². The number of ether oxygens (including phenoxy) is 5. The van der Waals surface area contributed by atoms with Gasteiger partial charge in [-0.1, -0.05) is 0 Å². The first-order valence-corrected chi connectivity index (χ1v) is 12.1. The minimum absolute atomic E-state index is 0.0479. The summed E-state index contributed by atoms with van der Waals surface area (Å²) < 4.78 is 23.0. The van der Waals surface area contributed by atoms with Gasteiger partial charge < -0.3 is 33.5 Å². The molecule has 0 unspecified atom stereocenters. The molecule has 0 radical (unpaired) electrons. The van der Waals surface area contributed by atoms with Crippen LogP contribution in [0, 0.1) is 0 Å². The third-order valence-electron chi connectivity index (χ3n) is 3.97. The summed E-state index contributed by atoms with van der Waals surface area (Å²) in [5.74, 6) is -1.62. The van der Waals surface area contributed by atoms with Gasteiger partial charge in [-0.15, -0.1) is 0 Å². The quantitative estimate of drug-likeness (QED) is 0.0945. The molecule has 0 saturated carbocycles. The van der Waals surface area contributed by atoms with Crippen LogP contribution in [0.1, 0.15) is 48.5 Å². The Balaban J connectivity index is -0.000000632. The average Bonchev–Trinajstić information content (AvgIpc) is 2.87. The zero-order valence-corrected chi connectivity index (χ0v) is 23.2. The van der Waals surface area contributed by atoms with Crippen molar-refractivity contribution in [3.05, 3.63) is 24.6 Å². The maximum atomic E-state index is 11.4. The largest absolute Gasteiger partial charge is 0.468 e. The lowest BCUT2D eigenvalue weighted by atomic mass is 10.5. The highest BCUT2D eigenvalue weighted by Crippen LogP contribution is 1.92. The summed E-state index contributed by atoms with van der Waals surface area (Å²) in [6.07, 6.45) is 6.13. The molecule has 12 nitrogen and oxygen atoms in total. The van der Waals surface area contributed by atoms with Gasteiger partial charge in [0.25, 0.3) is 6.47 Å². The molecule has 12 heteroatoms. The number of carbonyl (C=O) groups is 5. The van der Waals surface area contributed by atoms with Crippen molar-refractivity contribution >= 4 is 30.3 Å². The summed E-state index contributed by atoms with van der Waals surface area (Å²) in [6.45, 7) is 17.0. The number of rotatable bonds is 16. The predicted molar refractivity (Wildman–Crippen MR) is 137 cm³/mol. The molecule has 0 saturated heterocycles. The van der Waals surface area contributed by atoms with Gasteiger partial charge in [0.2, 0.25) is 0 Å². The van der Waals surface area contributed by atoms with E-state index in [0.29, 0.717) is 13.1 Å². The van der Waals surface area contributed by atoms with Crippen molar-refractivity contribution in [2.45, 2.75) is 48.5 Å². The lowest BCUT2D eigenvalue weighted by Crippen LogP contribution is -2.17. The molecule has 0 aromatic rings. The smallest absolute Gasteiger partial charge is 0.332 e. The Kier molecular flexibility index (Phi) is 29.4. The lowest BCUT2D eigenvalue weighted by Gasteiger charge is -2.14. The van der Waals surface area contributed by atoms with Gasteiger partial charge in [0, 0.05) is 64.6 Å². The van der Waals surface area contributed by atoms with E-state index in [0.717, 1.165) is 26.2 Å². The van der Waals surface area contributed by atoms with Crippen molar-refractivity contribution in [3.63, 3.8) is 0 Å². The minimum atomic E-state index is -0.443. The fourth-order valence-electron chi connectivity index (χ4n) is 2.02. The summed E-state index contributed by atoms with van der Waals surface area (Å²) in [5, 5.41) is 0. The molecule has 0 bridgehead atoms. The zero-order chi connectivity index (χ0) is 28.9. The minimum Gasteiger partial charge on any atom is -0.468 e. The van der Waals surface area contributed by atoms with E-state index in [9.17, 15) is 24.0 Å². The number of nitrogens with zero attached hydrogens (tertiary/aromatic N) is 2. The van der Waals surface area contributed by atoms with E-state index in [2.05, 4.69) is 14.2 Å². The van der Waals surface area contributed by atoms with E-state index in [-0.39, 0.29) is 38.4 Å². The summed E-state index contributed by atoms with van der Waals surface area (Å²) in [7, 11) is 0. The maximum Gasteiger partial charge on any atom is 0.332 e. The third-order valence-corrected chi connectivity index (χ3v) is 3.97. The Hall–Kier alpha value is -3.57. The van der Waals surface area contributed by atoms with Gasteiger partial charge in [0.15, 0.2) is 0 Å². The van der Waals surface area contributed by atoms with E-state index in [4.69, 9.17) is 9.47 Å². The van der Waals surface area contributed by atoms with Gasteiger partial charge in [0.05, 0.1) is 6.61 Å². The first kappa shape index (κ1) is 38.0. The molecule has 0 aliphatic rings. The van der Waals surface area contributed by atoms with E-state index in [1.807, 2.05) is 37.5 Å². The van der Waals surface area contributed by atoms with Crippen molar-refractivity contribution in [1.82, 2.24) is 9.80 Å². The second-order valence-corrected chi connectivity index (χ2v) is 6.64. The van der Waals surface area contributed by atoms with Crippen LogP contribution < -0.4 is 0 Å². The van der Waals surface area contributed by atoms with Crippen LogP contribution in [-0.2, 0) is 47.7 Å². The van der Waals surface area contributed by atoms with Crippen LogP contribution in [0.4, 0.5) is 0 Å². The molecule has 0 amide bonds. The molecule has 0 heterocycles. The maximum absolute atomic E-state index is 11.4. The van der Waals surface area contributed by atoms with Crippen LogP contribution in [0.5, 0.6) is 0 Å². The highest BCUT2D eigenvalue weighted by Gasteiger charge is 2.01. The fraction of sp³-hybridized carbons (Fsp3) is 0.640. The summed E-state index contributed by atoms with van der Waals surface area (Å²) >= 11 is 0. The molecule has 0 aliphatic heterocycles. The normalized spacial score (nSPS) is 9.70. The van der Waals surface area contributed by atoms with Crippen LogP contribution in [0.25, 0.3) is 0 Å². The van der Waals surface area contributed by atoms with Crippen LogP contribution in [-0.4, -0.2) is 99.4 Å².